The predicted molar refractivity (Wildman–Crippen MR) is 65.4 cm³/mol. The van der Waals surface area contributed by atoms with Crippen molar-refractivity contribution in [3.8, 4) is 11.4 Å². The molecule has 0 unspecified atom stereocenters. The van der Waals surface area contributed by atoms with Crippen LogP contribution in [0.5, 0.6) is 0 Å². The maximum absolute atomic E-state index is 13.9. The molecular formula is C12H13ClFN3. The molecule has 2 aromatic heterocycles. The molecule has 2 rings (SSSR count). The third-order valence-corrected chi connectivity index (χ3v) is 2.59. The summed E-state index contributed by atoms with van der Waals surface area (Å²) in [5.74, 6) is -3.05. The minimum Gasteiger partial charge on any atom is -0.261 e. The van der Waals surface area contributed by atoms with E-state index in [-0.39, 0.29) is 17.3 Å². The molecule has 90 valence electrons. The summed E-state index contributed by atoms with van der Waals surface area (Å²) in [6.45, 7) is 3.84. The molecular weight excluding hydrogens is 241 g/mol. The third-order valence-electron chi connectivity index (χ3n) is 2.40. The summed E-state index contributed by atoms with van der Waals surface area (Å²) >= 11 is 5.64. The summed E-state index contributed by atoms with van der Waals surface area (Å²) in [7, 11) is 0. The van der Waals surface area contributed by atoms with Gasteiger partial charge in [-0.25, -0.2) is 4.39 Å². The van der Waals surface area contributed by atoms with Gasteiger partial charge >= 0.3 is 0 Å². The van der Waals surface area contributed by atoms with Gasteiger partial charge in [0.25, 0.3) is 0 Å². The average Bonchev–Trinajstić information content (AvgIpc) is 2.75. The van der Waals surface area contributed by atoms with E-state index in [1.807, 2.05) is 13.8 Å². The highest BCUT2D eigenvalue weighted by Gasteiger charge is 2.15. The molecule has 0 aliphatic heterocycles. The first-order valence-corrected chi connectivity index (χ1v) is 5.58. The molecule has 0 atom stereocenters. The van der Waals surface area contributed by atoms with Gasteiger partial charge in [-0.2, -0.15) is 5.10 Å². The molecule has 0 saturated heterocycles. The maximum atomic E-state index is 13.9. The number of rotatable bonds is 3. The van der Waals surface area contributed by atoms with Crippen LogP contribution in [0.15, 0.2) is 24.5 Å². The lowest BCUT2D eigenvalue weighted by Crippen LogP contribution is -2.07. The largest absolute Gasteiger partial charge is 0.261 e. The SMILES string of the molecule is [2H]C([2H])(Cl)c1c(F)ccnc1-c1ccnn1C(C)C. The Balaban J connectivity index is 2.70. The molecule has 0 spiro atoms. The zero-order valence-corrected chi connectivity index (χ0v) is 10.2. The second-order valence-electron chi connectivity index (χ2n) is 3.87. The number of hydrogen-bond acceptors (Lipinski definition) is 2. The van der Waals surface area contributed by atoms with E-state index in [1.165, 1.54) is 6.20 Å². The molecule has 0 bridgehead atoms. The van der Waals surface area contributed by atoms with Gasteiger partial charge in [-0.3, -0.25) is 9.67 Å². The Kier molecular flexibility index (Phi) is 2.73. The van der Waals surface area contributed by atoms with Gasteiger partial charge in [-0.05, 0) is 26.0 Å². The average molecular weight is 256 g/mol. The van der Waals surface area contributed by atoms with Crippen LogP contribution in [0.4, 0.5) is 4.39 Å². The second kappa shape index (κ2) is 4.84. The summed E-state index contributed by atoms with van der Waals surface area (Å²) in [6, 6.07) is 2.80. The molecule has 2 heterocycles. The summed E-state index contributed by atoms with van der Waals surface area (Å²) in [5.41, 5.74) is 0.444. The van der Waals surface area contributed by atoms with E-state index in [1.54, 1.807) is 16.9 Å². The lowest BCUT2D eigenvalue weighted by Gasteiger charge is -2.12. The van der Waals surface area contributed by atoms with Crippen LogP contribution >= 0.6 is 11.6 Å². The molecule has 0 saturated carbocycles. The van der Waals surface area contributed by atoms with E-state index < -0.39 is 11.6 Å². The normalized spacial score (nSPS) is 13.7. The van der Waals surface area contributed by atoms with Crippen LogP contribution < -0.4 is 0 Å². The molecule has 0 amide bonds. The van der Waals surface area contributed by atoms with Crippen molar-refractivity contribution in [1.82, 2.24) is 14.8 Å². The fraction of sp³-hybridized carbons (Fsp3) is 0.333. The van der Waals surface area contributed by atoms with Crippen molar-refractivity contribution in [3.05, 3.63) is 35.9 Å². The zero-order valence-electron chi connectivity index (χ0n) is 11.5. The Morgan fingerprint density at radius 2 is 2.24 bits per heavy atom. The van der Waals surface area contributed by atoms with Crippen LogP contribution in [0.3, 0.4) is 0 Å². The third kappa shape index (κ3) is 2.17. The van der Waals surface area contributed by atoms with Crippen molar-refractivity contribution in [1.29, 1.82) is 0 Å². The standard InChI is InChI=1S/C12H13ClFN3/c1-8(2)17-11(4-6-16-17)12-9(7-13)10(14)3-5-15-12/h3-6,8H,7H2,1-2H3/i7D2. The number of nitrogens with zero attached hydrogens (tertiary/aromatic N) is 3. The number of halogens is 2. The van der Waals surface area contributed by atoms with Gasteiger partial charge in [0.05, 0.1) is 17.2 Å². The van der Waals surface area contributed by atoms with Gasteiger partial charge in [0.2, 0.25) is 0 Å². The molecule has 0 N–H and O–H groups in total. The van der Waals surface area contributed by atoms with Crippen molar-refractivity contribution in [2.45, 2.75) is 25.7 Å². The first-order valence-electron chi connectivity index (χ1n) is 6.20. The van der Waals surface area contributed by atoms with E-state index >= 15 is 0 Å². The summed E-state index contributed by atoms with van der Waals surface area (Å²) in [6.07, 6.45) is 2.85. The van der Waals surface area contributed by atoms with E-state index in [9.17, 15) is 4.39 Å². The van der Waals surface area contributed by atoms with Gasteiger partial charge in [0.15, 0.2) is 0 Å². The molecule has 2 aromatic rings. The molecule has 17 heavy (non-hydrogen) atoms. The second-order valence-corrected chi connectivity index (χ2v) is 4.05. The van der Waals surface area contributed by atoms with Crippen LogP contribution in [-0.2, 0) is 5.83 Å². The molecule has 0 aliphatic carbocycles. The minimum atomic E-state index is -2.33. The van der Waals surface area contributed by atoms with E-state index in [0.717, 1.165) is 6.07 Å². The number of alkyl halides is 1. The predicted octanol–water partition coefficient (Wildman–Crippen LogP) is 3.40. The minimum absolute atomic E-state index is 0.0455. The Labute approximate surface area is 107 Å². The van der Waals surface area contributed by atoms with E-state index in [2.05, 4.69) is 10.1 Å². The van der Waals surface area contributed by atoms with Crippen LogP contribution in [0.1, 0.15) is 28.2 Å². The maximum Gasteiger partial charge on any atom is 0.131 e. The monoisotopic (exact) mass is 255 g/mol. The van der Waals surface area contributed by atoms with E-state index in [0.29, 0.717) is 5.69 Å². The summed E-state index contributed by atoms with van der Waals surface area (Å²) < 4.78 is 30.6. The quantitative estimate of drug-likeness (QED) is 0.787. The van der Waals surface area contributed by atoms with Gasteiger partial charge in [0, 0.05) is 26.7 Å². The molecule has 0 aromatic carbocycles. The molecule has 3 nitrogen and oxygen atoms in total. The fourth-order valence-electron chi connectivity index (χ4n) is 1.64. The van der Waals surface area contributed by atoms with Gasteiger partial charge in [0.1, 0.15) is 5.82 Å². The number of aromatic nitrogens is 3. The van der Waals surface area contributed by atoms with Gasteiger partial charge < -0.3 is 0 Å². The fourth-order valence-corrected chi connectivity index (χ4v) is 1.82. The Morgan fingerprint density at radius 3 is 2.88 bits per heavy atom. The topological polar surface area (TPSA) is 30.7 Å². The number of hydrogen-bond donors (Lipinski definition) is 0. The summed E-state index contributed by atoms with van der Waals surface area (Å²) in [5, 5.41) is 4.13. The molecule has 0 fully saturated rings. The van der Waals surface area contributed by atoms with Gasteiger partial charge in [-0.1, -0.05) is 0 Å². The Hall–Kier alpha value is -1.42. The molecule has 0 radical (unpaired) electrons. The van der Waals surface area contributed by atoms with Crippen molar-refractivity contribution >= 4 is 11.6 Å². The number of pyridine rings is 1. The Morgan fingerprint density at radius 1 is 1.47 bits per heavy atom. The smallest absolute Gasteiger partial charge is 0.131 e. The molecule has 0 aliphatic rings. The van der Waals surface area contributed by atoms with Crippen molar-refractivity contribution in [2.24, 2.45) is 0 Å². The van der Waals surface area contributed by atoms with Crippen LogP contribution in [0.25, 0.3) is 11.4 Å². The van der Waals surface area contributed by atoms with E-state index in [4.69, 9.17) is 14.3 Å². The van der Waals surface area contributed by atoms with Gasteiger partial charge in [-0.15, -0.1) is 11.6 Å². The van der Waals surface area contributed by atoms with Crippen LogP contribution in [-0.4, -0.2) is 14.8 Å². The summed E-state index contributed by atoms with van der Waals surface area (Å²) in [4.78, 5) is 4.07. The molecule has 5 heteroatoms. The first kappa shape index (κ1) is 9.59. The van der Waals surface area contributed by atoms with Crippen molar-refractivity contribution in [3.63, 3.8) is 0 Å². The highest BCUT2D eigenvalue weighted by atomic mass is 35.5. The van der Waals surface area contributed by atoms with Crippen LogP contribution in [0.2, 0.25) is 0 Å². The van der Waals surface area contributed by atoms with Crippen molar-refractivity contribution in [2.75, 3.05) is 0 Å². The van der Waals surface area contributed by atoms with Crippen LogP contribution in [0, 0.1) is 5.82 Å². The lowest BCUT2D eigenvalue weighted by atomic mass is 10.1. The Bertz CT molecular complexity index is 593. The highest BCUT2D eigenvalue weighted by molar-refractivity contribution is 6.17. The first-order chi connectivity index (χ1) is 8.82. The lowest BCUT2D eigenvalue weighted by molar-refractivity contribution is 0.536. The highest BCUT2D eigenvalue weighted by Crippen LogP contribution is 2.26. The zero-order chi connectivity index (χ0) is 14.2. The van der Waals surface area contributed by atoms with Crippen molar-refractivity contribution < 1.29 is 7.13 Å².